The third-order valence-electron chi connectivity index (χ3n) is 2.75. The highest BCUT2D eigenvalue weighted by molar-refractivity contribution is 5.48. The van der Waals surface area contributed by atoms with Gasteiger partial charge in [-0.1, -0.05) is 13.0 Å². The quantitative estimate of drug-likeness (QED) is 0.852. The van der Waals surface area contributed by atoms with Crippen LogP contribution >= 0.6 is 0 Å². The minimum Gasteiger partial charge on any atom is -0.467 e. The van der Waals surface area contributed by atoms with Crippen molar-refractivity contribution in [2.24, 2.45) is 0 Å². The fraction of sp³-hybridized carbons (Fsp3) is 0.286. The van der Waals surface area contributed by atoms with E-state index in [4.69, 9.17) is 4.42 Å². The third-order valence-corrected chi connectivity index (χ3v) is 2.75. The Morgan fingerprint density at radius 3 is 2.82 bits per heavy atom. The van der Waals surface area contributed by atoms with Crippen molar-refractivity contribution in [2.45, 2.75) is 26.3 Å². The molecule has 0 bridgehead atoms. The van der Waals surface area contributed by atoms with E-state index in [0.717, 1.165) is 17.7 Å². The predicted molar refractivity (Wildman–Crippen MR) is 66.5 cm³/mol. The molecule has 0 aliphatic heterocycles. The van der Waals surface area contributed by atoms with Crippen molar-refractivity contribution in [3.05, 3.63) is 53.7 Å². The summed E-state index contributed by atoms with van der Waals surface area (Å²) in [6.45, 7) is 3.98. The summed E-state index contributed by atoms with van der Waals surface area (Å²) in [5, 5.41) is 3.17. The average molecular weight is 233 g/mol. The molecule has 0 saturated carbocycles. The molecule has 1 atom stereocenters. The van der Waals surface area contributed by atoms with Crippen LogP contribution in [0.3, 0.4) is 0 Å². The topological polar surface area (TPSA) is 25.2 Å². The number of aryl methyl sites for hydroxylation is 1. The minimum absolute atomic E-state index is 0.00120. The van der Waals surface area contributed by atoms with Crippen LogP contribution in [0, 0.1) is 12.7 Å². The normalized spacial score (nSPS) is 12.4. The zero-order valence-corrected chi connectivity index (χ0v) is 10.0. The Bertz CT molecular complexity index is 479. The van der Waals surface area contributed by atoms with Gasteiger partial charge in [-0.05, 0) is 43.2 Å². The van der Waals surface area contributed by atoms with E-state index in [1.807, 2.05) is 26.0 Å². The molecular formula is C14H16FNO. The summed E-state index contributed by atoms with van der Waals surface area (Å²) in [5.41, 5.74) is 1.55. The number of halogens is 1. The third kappa shape index (κ3) is 2.67. The summed E-state index contributed by atoms with van der Waals surface area (Å²) < 4.78 is 19.0. The van der Waals surface area contributed by atoms with Gasteiger partial charge in [-0.2, -0.15) is 0 Å². The van der Waals surface area contributed by atoms with Crippen LogP contribution in [0.4, 0.5) is 10.1 Å². The average Bonchev–Trinajstić information content (AvgIpc) is 2.84. The van der Waals surface area contributed by atoms with E-state index < -0.39 is 0 Å². The van der Waals surface area contributed by atoms with E-state index >= 15 is 0 Å². The Balaban J connectivity index is 2.21. The van der Waals surface area contributed by atoms with E-state index in [1.165, 1.54) is 6.07 Å². The van der Waals surface area contributed by atoms with Crippen molar-refractivity contribution < 1.29 is 8.81 Å². The van der Waals surface area contributed by atoms with Gasteiger partial charge in [0.25, 0.3) is 0 Å². The molecule has 2 rings (SSSR count). The second kappa shape index (κ2) is 5.04. The maximum atomic E-state index is 13.6. The maximum absolute atomic E-state index is 13.6. The Kier molecular flexibility index (Phi) is 3.47. The Morgan fingerprint density at radius 1 is 1.35 bits per heavy atom. The first-order valence-corrected chi connectivity index (χ1v) is 5.76. The van der Waals surface area contributed by atoms with Crippen LogP contribution in [0.15, 0.2) is 41.0 Å². The molecule has 1 aromatic heterocycles. The van der Waals surface area contributed by atoms with Gasteiger partial charge in [0.15, 0.2) is 0 Å². The summed E-state index contributed by atoms with van der Waals surface area (Å²) >= 11 is 0. The second-order valence-electron chi connectivity index (χ2n) is 4.10. The van der Waals surface area contributed by atoms with Gasteiger partial charge in [0.1, 0.15) is 11.6 Å². The number of rotatable bonds is 4. The Labute approximate surface area is 100 Å². The van der Waals surface area contributed by atoms with Gasteiger partial charge < -0.3 is 9.73 Å². The molecule has 90 valence electrons. The molecule has 1 N–H and O–H groups in total. The number of nitrogens with one attached hydrogen (secondary N) is 1. The molecule has 0 aliphatic rings. The molecule has 17 heavy (non-hydrogen) atoms. The zero-order valence-electron chi connectivity index (χ0n) is 10.0. The van der Waals surface area contributed by atoms with E-state index in [2.05, 4.69) is 5.32 Å². The van der Waals surface area contributed by atoms with Crippen LogP contribution in [0.2, 0.25) is 0 Å². The number of anilines is 1. The monoisotopic (exact) mass is 233 g/mol. The van der Waals surface area contributed by atoms with Crippen LogP contribution < -0.4 is 5.32 Å². The smallest absolute Gasteiger partial charge is 0.146 e. The van der Waals surface area contributed by atoms with Crippen LogP contribution in [0.5, 0.6) is 0 Å². The molecule has 0 saturated heterocycles. The van der Waals surface area contributed by atoms with Crippen LogP contribution in [-0.2, 0) is 0 Å². The fourth-order valence-corrected chi connectivity index (χ4v) is 1.80. The van der Waals surface area contributed by atoms with Crippen LogP contribution in [0.1, 0.15) is 30.7 Å². The number of benzene rings is 1. The zero-order chi connectivity index (χ0) is 12.3. The first-order chi connectivity index (χ1) is 8.20. The van der Waals surface area contributed by atoms with Crippen molar-refractivity contribution in [3.63, 3.8) is 0 Å². The highest BCUT2D eigenvalue weighted by Crippen LogP contribution is 2.25. The van der Waals surface area contributed by atoms with Crippen molar-refractivity contribution in [1.29, 1.82) is 0 Å². The largest absolute Gasteiger partial charge is 0.467 e. The van der Waals surface area contributed by atoms with Crippen molar-refractivity contribution >= 4 is 5.69 Å². The Hall–Kier alpha value is -1.77. The standard InChI is InChI=1S/C14H16FNO/c1-3-12(14-5-4-8-17-14)16-13-9-10(2)6-7-11(13)15/h4-9,12,16H,3H2,1-2H3. The lowest BCUT2D eigenvalue weighted by Gasteiger charge is -2.16. The van der Waals surface area contributed by atoms with E-state index in [9.17, 15) is 4.39 Å². The van der Waals surface area contributed by atoms with Crippen molar-refractivity contribution in [1.82, 2.24) is 0 Å². The maximum Gasteiger partial charge on any atom is 0.146 e. The van der Waals surface area contributed by atoms with Gasteiger partial charge >= 0.3 is 0 Å². The lowest BCUT2D eigenvalue weighted by Crippen LogP contribution is -2.10. The highest BCUT2D eigenvalue weighted by atomic mass is 19.1. The first-order valence-electron chi connectivity index (χ1n) is 5.76. The van der Waals surface area contributed by atoms with E-state index in [0.29, 0.717) is 5.69 Å². The number of furan rings is 1. The molecule has 1 heterocycles. The predicted octanol–water partition coefficient (Wildman–Crippen LogP) is 4.29. The summed E-state index contributed by atoms with van der Waals surface area (Å²) in [7, 11) is 0. The lowest BCUT2D eigenvalue weighted by molar-refractivity contribution is 0.472. The van der Waals surface area contributed by atoms with Gasteiger partial charge in [-0.25, -0.2) is 4.39 Å². The summed E-state index contributed by atoms with van der Waals surface area (Å²) in [6, 6.07) is 8.78. The van der Waals surface area contributed by atoms with Crippen LogP contribution in [-0.4, -0.2) is 0 Å². The fourth-order valence-electron chi connectivity index (χ4n) is 1.80. The molecule has 0 aliphatic carbocycles. The van der Waals surface area contributed by atoms with Crippen molar-refractivity contribution in [3.8, 4) is 0 Å². The lowest BCUT2D eigenvalue weighted by atomic mass is 10.1. The minimum atomic E-state index is -0.236. The van der Waals surface area contributed by atoms with Gasteiger partial charge in [0.2, 0.25) is 0 Å². The van der Waals surface area contributed by atoms with E-state index in [-0.39, 0.29) is 11.9 Å². The first kappa shape index (κ1) is 11.7. The molecule has 2 aromatic rings. The molecule has 0 fully saturated rings. The molecule has 3 heteroatoms. The van der Waals surface area contributed by atoms with E-state index in [1.54, 1.807) is 18.4 Å². The molecular weight excluding hydrogens is 217 g/mol. The summed E-state index contributed by atoms with van der Waals surface area (Å²) in [6.07, 6.45) is 2.47. The molecule has 0 amide bonds. The van der Waals surface area contributed by atoms with Gasteiger partial charge in [0.05, 0.1) is 18.0 Å². The Morgan fingerprint density at radius 2 is 2.18 bits per heavy atom. The molecule has 1 unspecified atom stereocenters. The number of hydrogen-bond acceptors (Lipinski definition) is 2. The summed E-state index contributed by atoms with van der Waals surface area (Å²) in [4.78, 5) is 0. The SMILES string of the molecule is CCC(Nc1cc(C)ccc1F)c1ccco1. The number of hydrogen-bond donors (Lipinski definition) is 1. The molecule has 0 spiro atoms. The highest BCUT2D eigenvalue weighted by Gasteiger charge is 2.13. The van der Waals surface area contributed by atoms with Gasteiger partial charge in [-0.15, -0.1) is 0 Å². The molecule has 0 radical (unpaired) electrons. The van der Waals surface area contributed by atoms with Crippen molar-refractivity contribution in [2.75, 3.05) is 5.32 Å². The molecule has 1 aromatic carbocycles. The van der Waals surface area contributed by atoms with Crippen LogP contribution in [0.25, 0.3) is 0 Å². The summed E-state index contributed by atoms with van der Waals surface area (Å²) in [5.74, 6) is 0.592. The van der Waals surface area contributed by atoms with Gasteiger partial charge in [0, 0.05) is 0 Å². The molecule has 2 nitrogen and oxygen atoms in total. The second-order valence-corrected chi connectivity index (χ2v) is 4.10. The van der Waals surface area contributed by atoms with Gasteiger partial charge in [-0.3, -0.25) is 0 Å².